The number of halogens is 1. The Morgan fingerprint density at radius 2 is 2.00 bits per heavy atom. The van der Waals surface area contributed by atoms with Gasteiger partial charge in [-0.25, -0.2) is 0 Å². The van der Waals surface area contributed by atoms with Crippen molar-refractivity contribution in [1.82, 2.24) is 0 Å². The summed E-state index contributed by atoms with van der Waals surface area (Å²) in [6, 6.07) is 9.83. The molecule has 0 aromatic heterocycles. The summed E-state index contributed by atoms with van der Waals surface area (Å²) >= 11 is 5.54. The minimum absolute atomic E-state index is 0.182. The molecule has 0 radical (unpaired) electrons. The average Bonchev–Trinajstić information content (AvgIpc) is 2.19. The average molecular weight is 215 g/mol. The highest BCUT2D eigenvalue weighted by Crippen LogP contribution is 2.08. The van der Waals surface area contributed by atoms with Crippen molar-refractivity contribution in [3.63, 3.8) is 0 Å². The summed E-state index contributed by atoms with van der Waals surface area (Å²) in [4.78, 5) is 0. The molecule has 0 aliphatic rings. The van der Waals surface area contributed by atoms with Crippen molar-refractivity contribution < 1.29 is 9.84 Å². The lowest BCUT2D eigenvalue weighted by Gasteiger charge is -2.19. The molecule has 0 saturated heterocycles. The van der Waals surface area contributed by atoms with Gasteiger partial charge in [0.05, 0.1) is 24.7 Å². The number of benzene rings is 1. The second-order valence-corrected chi connectivity index (χ2v) is 3.88. The first-order valence-electron chi connectivity index (χ1n) is 4.54. The lowest BCUT2D eigenvalue weighted by atomic mass is 10.1. The molecule has 1 aromatic carbocycles. The number of alkyl halides is 1. The lowest BCUT2D eigenvalue weighted by molar-refractivity contribution is -0.0245. The molecule has 0 bridgehead atoms. The van der Waals surface area contributed by atoms with E-state index in [0.717, 1.165) is 5.56 Å². The van der Waals surface area contributed by atoms with E-state index in [1.54, 1.807) is 6.92 Å². The second kappa shape index (κ2) is 5.35. The normalized spacial score (nSPS) is 15.1. The van der Waals surface area contributed by atoms with Crippen LogP contribution < -0.4 is 0 Å². The van der Waals surface area contributed by atoms with Crippen LogP contribution in [0.25, 0.3) is 0 Å². The van der Waals surface area contributed by atoms with E-state index in [2.05, 4.69) is 0 Å². The maximum absolute atomic E-state index is 9.54. The summed E-state index contributed by atoms with van der Waals surface area (Å²) in [5.74, 6) is 0.182. The van der Waals surface area contributed by atoms with Crippen molar-refractivity contribution >= 4 is 11.6 Å². The fourth-order valence-electron chi connectivity index (χ4n) is 1.00. The Kier molecular flexibility index (Phi) is 4.39. The molecule has 0 saturated carbocycles. The van der Waals surface area contributed by atoms with Gasteiger partial charge in [-0.15, -0.1) is 11.6 Å². The Morgan fingerprint density at radius 3 is 2.57 bits per heavy atom. The van der Waals surface area contributed by atoms with Gasteiger partial charge in [0.25, 0.3) is 0 Å². The molecule has 14 heavy (non-hydrogen) atoms. The van der Waals surface area contributed by atoms with Crippen LogP contribution in [0.15, 0.2) is 30.3 Å². The molecule has 1 rings (SSSR count). The van der Waals surface area contributed by atoms with E-state index < -0.39 is 5.60 Å². The van der Waals surface area contributed by atoms with Crippen molar-refractivity contribution in [2.75, 3.05) is 12.5 Å². The quantitative estimate of drug-likeness (QED) is 0.762. The zero-order chi connectivity index (χ0) is 10.4. The van der Waals surface area contributed by atoms with Gasteiger partial charge in [0.15, 0.2) is 0 Å². The predicted octanol–water partition coefficient (Wildman–Crippen LogP) is 2.19. The van der Waals surface area contributed by atoms with Gasteiger partial charge in [-0.3, -0.25) is 0 Å². The second-order valence-electron chi connectivity index (χ2n) is 3.61. The van der Waals surface area contributed by atoms with Crippen molar-refractivity contribution in [2.24, 2.45) is 0 Å². The van der Waals surface area contributed by atoms with Crippen LogP contribution in [0, 0.1) is 0 Å². The largest absolute Gasteiger partial charge is 0.387 e. The van der Waals surface area contributed by atoms with Gasteiger partial charge in [-0.1, -0.05) is 30.3 Å². The van der Waals surface area contributed by atoms with Crippen LogP contribution in [0.5, 0.6) is 0 Å². The highest BCUT2D eigenvalue weighted by molar-refractivity contribution is 6.18. The lowest BCUT2D eigenvalue weighted by Crippen LogP contribution is -2.32. The Hall–Kier alpha value is -0.570. The number of hydrogen-bond donors (Lipinski definition) is 1. The SMILES string of the molecule is CC(O)(CCl)COCc1ccccc1. The van der Waals surface area contributed by atoms with Crippen LogP contribution in [0.4, 0.5) is 0 Å². The molecule has 2 nitrogen and oxygen atoms in total. The van der Waals surface area contributed by atoms with Crippen LogP contribution in [-0.2, 0) is 11.3 Å². The van der Waals surface area contributed by atoms with E-state index in [1.807, 2.05) is 30.3 Å². The van der Waals surface area contributed by atoms with E-state index in [9.17, 15) is 5.11 Å². The molecule has 1 unspecified atom stereocenters. The van der Waals surface area contributed by atoms with Crippen LogP contribution in [0.2, 0.25) is 0 Å². The molecular weight excluding hydrogens is 200 g/mol. The van der Waals surface area contributed by atoms with Gasteiger partial charge in [0, 0.05) is 0 Å². The fraction of sp³-hybridized carbons (Fsp3) is 0.455. The number of rotatable bonds is 5. The number of ether oxygens (including phenoxy) is 1. The maximum Gasteiger partial charge on any atom is 0.0986 e. The van der Waals surface area contributed by atoms with Crippen molar-refractivity contribution in [3.8, 4) is 0 Å². The topological polar surface area (TPSA) is 29.5 Å². The third-order valence-corrected chi connectivity index (χ3v) is 2.39. The molecule has 1 atom stereocenters. The fourth-order valence-corrected chi connectivity index (χ4v) is 1.08. The Bertz CT molecular complexity index is 259. The van der Waals surface area contributed by atoms with Crippen molar-refractivity contribution in [1.29, 1.82) is 0 Å². The summed E-state index contributed by atoms with van der Waals surface area (Å²) < 4.78 is 5.34. The maximum atomic E-state index is 9.54. The van der Waals surface area contributed by atoms with Gasteiger partial charge in [-0.05, 0) is 12.5 Å². The minimum Gasteiger partial charge on any atom is -0.387 e. The first-order chi connectivity index (χ1) is 6.64. The zero-order valence-electron chi connectivity index (χ0n) is 8.24. The monoisotopic (exact) mass is 214 g/mol. The van der Waals surface area contributed by atoms with Gasteiger partial charge < -0.3 is 9.84 Å². The van der Waals surface area contributed by atoms with Crippen LogP contribution in [0.1, 0.15) is 12.5 Å². The summed E-state index contributed by atoms with van der Waals surface area (Å²) in [6.07, 6.45) is 0. The molecule has 0 fully saturated rings. The molecule has 0 aliphatic carbocycles. The van der Waals surface area contributed by atoms with E-state index in [-0.39, 0.29) is 12.5 Å². The molecular formula is C11H15ClO2. The molecule has 0 amide bonds. The number of aliphatic hydroxyl groups is 1. The summed E-state index contributed by atoms with van der Waals surface area (Å²) in [6.45, 7) is 2.42. The molecule has 1 N–H and O–H groups in total. The van der Waals surface area contributed by atoms with E-state index in [0.29, 0.717) is 6.61 Å². The summed E-state index contributed by atoms with van der Waals surface area (Å²) in [5, 5.41) is 9.54. The first kappa shape index (κ1) is 11.5. The highest BCUT2D eigenvalue weighted by atomic mass is 35.5. The van der Waals surface area contributed by atoms with E-state index >= 15 is 0 Å². The highest BCUT2D eigenvalue weighted by Gasteiger charge is 2.18. The third kappa shape index (κ3) is 4.09. The predicted molar refractivity (Wildman–Crippen MR) is 57.4 cm³/mol. The Morgan fingerprint density at radius 1 is 1.36 bits per heavy atom. The van der Waals surface area contributed by atoms with E-state index in [4.69, 9.17) is 16.3 Å². The number of hydrogen-bond acceptors (Lipinski definition) is 2. The minimum atomic E-state index is -0.934. The molecule has 0 heterocycles. The van der Waals surface area contributed by atoms with Gasteiger partial charge in [0.1, 0.15) is 0 Å². The van der Waals surface area contributed by atoms with Crippen molar-refractivity contribution in [2.45, 2.75) is 19.1 Å². The molecule has 0 aliphatic heterocycles. The zero-order valence-corrected chi connectivity index (χ0v) is 9.00. The first-order valence-corrected chi connectivity index (χ1v) is 5.07. The van der Waals surface area contributed by atoms with Crippen molar-refractivity contribution in [3.05, 3.63) is 35.9 Å². The molecule has 3 heteroatoms. The van der Waals surface area contributed by atoms with Crippen LogP contribution >= 0.6 is 11.6 Å². The van der Waals surface area contributed by atoms with Gasteiger partial charge in [0.2, 0.25) is 0 Å². The Balaban J connectivity index is 2.29. The summed E-state index contributed by atoms with van der Waals surface area (Å²) in [7, 11) is 0. The Labute approximate surface area is 89.5 Å². The third-order valence-electron chi connectivity index (χ3n) is 1.81. The molecule has 78 valence electrons. The van der Waals surface area contributed by atoms with Gasteiger partial charge >= 0.3 is 0 Å². The van der Waals surface area contributed by atoms with E-state index in [1.165, 1.54) is 0 Å². The van der Waals surface area contributed by atoms with Gasteiger partial charge in [-0.2, -0.15) is 0 Å². The molecule has 0 spiro atoms. The standard InChI is InChI=1S/C11H15ClO2/c1-11(13,8-12)9-14-7-10-5-3-2-4-6-10/h2-6,13H,7-9H2,1H3. The van der Waals surface area contributed by atoms with Crippen LogP contribution in [-0.4, -0.2) is 23.2 Å². The molecule has 1 aromatic rings. The summed E-state index contributed by atoms with van der Waals surface area (Å²) in [5.41, 5.74) is 0.161. The smallest absolute Gasteiger partial charge is 0.0986 e. The van der Waals surface area contributed by atoms with Crippen LogP contribution in [0.3, 0.4) is 0 Å².